The average molecular weight is 500 g/mol. The highest BCUT2D eigenvalue weighted by Crippen LogP contribution is 2.33. The molecule has 1 aromatic heterocycles. The number of aromatic nitrogens is 2. The largest absolute Gasteiger partial charge is 0.489 e. The first-order valence-electron chi connectivity index (χ1n) is 10.6. The summed E-state index contributed by atoms with van der Waals surface area (Å²) in [5, 5.41) is 5.14. The lowest BCUT2D eigenvalue weighted by Gasteiger charge is -2.14. The third kappa shape index (κ3) is 5.45. The van der Waals surface area contributed by atoms with E-state index in [1.807, 2.05) is 0 Å². The number of ether oxygens (including phenoxy) is 1. The number of rotatable bonds is 5. The molecule has 0 aliphatic carbocycles. The van der Waals surface area contributed by atoms with Gasteiger partial charge in [0, 0.05) is 24.0 Å². The number of aryl methyl sites for hydroxylation is 2. The molecule has 2 N–H and O–H groups in total. The van der Waals surface area contributed by atoms with E-state index in [1.54, 1.807) is 19.2 Å². The number of alkyl halides is 3. The number of carbonyl (C=O) groups is 1. The van der Waals surface area contributed by atoms with E-state index in [0.717, 1.165) is 12.1 Å². The summed E-state index contributed by atoms with van der Waals surface area (Å²) in [5.41, 5.74) is -0.333. The van der Waals surface area contributed by atoms with E-state index >= 15 is 0 Å². The summed E-state index contributed by atoms with van der Waals surface area (Å²) in [6.45, 7) is 1.12. The summed E-state index contributed by atoms with van der Waals surface area (Å²) in [7, 11) is 1.57. The minimum Gasteiger partial charge on any atom is -0.489 e. The Morgan fingerprint density at radius 1 is 1.03 bits per heavy atom. The van der Waals surface area contributed by atoms with Crippen LogP contribution in [0.2, 0.25) is 0 Å². The van der Waals surface area contributed by atoms with Gasteiger partial charge in [-0.05, 0) is 61.0 Å². The van der Waals surface area contributed by atoms with Crippen LogP contribution in [-0.4, -0.2) is 15.6 Å². The van der Waals surface area contributed by atoms with Gasteiger partial charge < -0.3 is 19.9 Å². The summed E-state index contributed by atoms with van der Waals surface area (Å²) in [6.07, 6.45) is -3.15. The molecule has 0 radical (unpaired) electrons. The molecule has 0 saturated carbocycles. The minimum absolute atomic E-state index is 0.0275. The Labute approximate surface area is 202 Å². The van der Waals surface area contributed by atoms with Crippen molar-refractivity contribution in [1.82, 2.24) is 9.55 Å². The van der Waals surface area contributed by atoms with Crippen LogP contribution in [0.15, 0.2) is 65.7 Å². The molecule has 0 aliphatic rings. The zero-order chi connectivity index (χ0) is 26.0. The van der Waals surface area contributed by atoms with Gasteiger partial charge in [-0.3, -0.25) is 4.79 Å². The molecule has 0 fully saturated rings. The number of fused-ring (bicyclic) bond motifs is 1. The number of nitrogens with one attached hydrogen (secondary N) is 2. The standard InChI is InChI=1S/C25H20F4N4O3/c1-14-3-4-17(10-20(14)25(27,28)29)32-24(35)31-16-5-7-21(26)15(9-16)12-36-18-6-8-22-19(11-18)23(34)33(2)13-30-22/h3-11,13H,12H2,1-2H3,(H2,31,32,35). The molecule has 0 spiro atoms. The van der Waals surface area contributed by atoms with Crippen LogP contribution in [0.3, 0.4) is 0 Å². The van der Waals surface area contributed by atoms with Crippen molar-refractivity contribution in [2.75, 3.05) is 10.6 Å². The highest BCUT2D eigenvalue weighted by atomic mass is 19.4. The second-order valence-electron chi connectivity index (χ2n) is 8.04. The number of hydrogen-bond donors (Lipinski definition) is 2. The van der Waals surface area contributed by atoms with Crippen molar-refractivity contribution in [2.45, 2.75) is 19.7 Å². The Balaban J connectivity index is 1.45. The van der Waals surface area contributed by atoms with Gasteiger partial charge in [-0.2, -0.15) is 13.2 Å². The lowest BCUT2D eigenvalue weighted by atomic mass is 10.1. The van der Waals surface area contributed by atoms with Gasteiger partial charge in [0.2, 0.25) is 0 Å². The Morgan fingerprint density at radius 3 is 2.44 bits per heavy atom. The molecular weight excluding hydrogens is 480 g/mol. The molecule has 4 aromatic rings. The van der Waals surface area contributed by atoms with Crippen molar-refractivity contribution in [1.29, 1.82) is 0 Å². The van der Waals surface area contributed by atoms with Crippen LogP contribution in [0.5, 0.6) is 5.75 Å². The minimum atomic E-state index is -4.56. The highest BCUT2D eigenvalue weighted by Gasteiger charge is 2.32. The number of anilines is 2. The van der Waals surface area contributed by atoms with Gasteiger partial charge in [-0.1, -0.05) is 6.07 Å². The van der Waals surface area contributed by atoms with Gasteiger partial charge in [0.1, 0.15) is 18.2 Å². The number of urea groups is 1. The zero-order valence-corrected chi connectivity index (χ0v) is 19.1. The maximum absolute atomic E-state index is 14.3. The molecule has 0 atom stereocenters. The van der Waals surface area contributed by atoms with Crippen LogP contribution in [0, 0.1) is 12.7 Å². The van der Waals surface area contributed by atoms with E-state index in [2.05, 4.69) is 15.6 Å². The monoisotopic (exact) mass is 500 g/mol. The topological polar surface area (TPSA) is 85.2 Å². The second kappa shape index (κ2) is 9.68. The smallest absolute Gasteiger partial charge is 0.416 e. The predicted molar refractivity (Wildman–Crippen MR) is 127 cm³/mol. The van der Waals surface area contributed by atoms with Gasteiger partial charge >= 0.3 is 12.2 Å². The van der Waals surface area contributed by atoms with Gasteiger partial charge in [0.15, 0.2) is 0 Å². The van der Waals surface area contributed by atoms with Crippen LogP contribution in [0.1, 0.15) is 16.7 Å². The fraction of sp³-hybridized carbons (Fsp3) is 0.160. The van der Waals surface area contributed by atoms with Crippen molar-refractivity contribution in [3.63, 3.8) is 0 Å². The summed E-state index contributed by atoms with van der Waals surface area (Å²) in [5.74, 6) is -0.268. The maximum atomic E-state index is 14.3. The molecule has 0 bridgehead atoms. The van der Waals surface area contributed by atoms with E-state index in [-0.39, 0.29) is 34.7 Å². The van der Waals surface area contributed by atoms with Crippen molar-refractivity contribution < 1.29 is 27.1 Å². The fourth-order valence-corrected chi connectivity index (χ4v) is 3.50. The third-order valence-electron chi connectivity index (χ3n) is 5.39. The van der Waals surface area contributed by atoms with E-state index < -0.39 is 23.6 Å². The summed E-state index contributed by atoms with van der Waals surface area (Å²) < 4.78 is 60.6. The molecular formula is C25H20F4N4O3. The third-order valence-corrected chi connectivity index (χ3v) is 5.39. The van der Waals surface area contributed by atoms with Crippen LogP contribution in [0.4, 0.5) is 33.7 Å². The van der Waals surface area contributed by atoms with E-state index in [0.29, 0.717) is 16.7 Å². The summed E-state index contributed by atoms with van der Waals surface area (Å²) >= 11 is 0. The number of benzene rings is 3. The van der Waals surface area contributed by atoms with Crippen molar-refractivity contribution >= 4 is 28.3 Å². The van der Waals surface area contributed by atoms with E-state index in [4.69, 9.17) is 4.74 Å². The molecule has 3 aromatic carbocycles. The molecule has 0 saturated heterocycles. The highest BCUT2D eigenvalue weighted by molar-refractivity contribution is 5.99. The second-order valence-corrected chi connectivity index (χ2v) is 8.04. The number of hydrogen-bond acceptors (Lipinski definition) is 4. The Bertz CT molecular complexity index is 1520. The normalized spacial score (nSPS) is 11.4. The first-order valence-corrected chi connectivity index (χ1v) is 10.6. The van der Waals surface area contributed by atoms with Crippen molar-refractivity contribution in [3.05, 3.63) is 93.8 Å². The maximum Gasteiger partial charge on any atom is 0.416 e. The van der Waals surface area contributed by atoms with Crippen LogP contribution < -0.4 is 20.9 Å². The van der Waals surface area contributed by atoms with Crippen LogP contribution >= 0.6 is 0 Å². The molecule has 7 nitrogen and oxygen atoms in total. The number of amides is 2. The zero-order valence-electron chi connectivity index (χ0n) is 19.1. The molecule has 2 amide bonds. The predicted octanol–water partition coefficient (Wildman–Crippen LogP) is 5.62. The molecule has 1 heterocycles. The average Bonchev–Trinajstić information content (AvgIpc) is 2.82. The molecule has 0 unspecified atom stereocenters. The Kier molecular flexibility index (Phi) is 6.65. The van der Waals surface area contributed by atoms with Gasteiger partial charge in [-0.25, -0.2) is 14.2 Å². The van der Waals surface area contributed by atoms with Crippen molar-refractivity contribution in [3.8, 4) is 5.75 Å². The first-order chi connectivity index (χ1) is 17.0. The number of halogens is 4. The van der Waals surface area contributed by atoms with E-state index in [1.165, 1.54) is 48.1 Å². The quantitative estimate of drug-likeness (QED) is 0.348. The van der Waals surface area contributed by atoms with Gasteiger partial charge in [-0.15, -0.1) is 0 Å². The molecule has 36 heavy (non-hydrogen) atoms. The molecule has 186 valence electrons. The molecule has 0 aliphatic heterocycles. The molecule has 4 rings (SSSR count). The fourth-order valence-electron chi connectivity index (χ4n) is 3.50. The number of nitrogens with zero attached hydrogens (tertiary/aromatic N) is 2. The SMILES string of the molecule is Cc1ccc(NC(=O)Nc2ccc(F)c(COc3ccc4ncn(C)c(=O)c4c3)c2)cc1C(F)(F)F. The molecule has 11 heteroatoms. The summed E-state index contributed by atoms with van der Waals surface area (Å²) in [6, 6.07) is 11.1. The Morgan fingerprint density at radius 2 is 1.72 bits per heavy atom. The first kappa shape index (κ1) is 24.7. The van der Waals surface area contributed by atoms with E-state index in [9.17, 15) is 27.2 Å². The van der Waals surface area contributed by atoms with Crippen LogP contribution in [0.25, 0.3) is 10.9 Å². The van der Waals surface area contributed by atoms with Gasteiger partial charge in [0.05, 0.1) is 22.8 Å². The van der Waals surface area contributed by atoms with Crippen molar-refractivity contribution in [2.24, 2.45) is 7.05 Å². The van der Waals surface area contributed by atoms with Crippen LogP contribution in [-0.2, 0) is 19.8 Å². The Hall–Kier alpha value is -4.41. The van der Waals surface area contributed by atoms with Gasteiger partial charge in [0.25, 0.3) is 5.56 Å². The number of carbonyl (C=O) groups excluding carboxylic acids is 1. The lowest BCUT2D eigenvalue weighted by molar-refractivity contribution is -0.138. The lowest BCUT2D eigenvalue weighted by Crippen LogP contribution is -2.20. The summed E-state index contributed by atoms with van der Waals surface area (Å²) in [4.78, 5) is 28.7.